The van der Waals surface area contributed by atoms with Crippen molar-refractivity contribution in [1.82, 2.24) is 4.98 Å². The van der Waals surface area contributed by atoms with Crippen LogP contribution in [0.2, 0.25) is 0 Å². The van der Waals surface area contributed by atoms with Gasteiger partial charge in [0, 0.05) is 5.39 Å². The summed E-state index contributed by atoms with van der Waals surface area (Å²) >= 11 is 3.26. The van der Waals surface area contributed by atoms with Crippen molar-refractivity contribution in [3.05, 3.63) is 40.5 Å². The van der Waals surface area contributed by atoms with Gasteiger partial charge in [0.15, 0.2) is 0 Å². The Morgan fingerprint density at radius 1 is 1.40 bits per heavy atom. The zero-order valence-electron chi connectivity index (χ0n) is 8.03. The number of hydrogen-bond acceptors (Lipinski definition) is 3. The van der Waals surface area contributed by atoms with E-state index < -0.39 is 0 Å². The van der Waals surface area contributed by atoms with E-state index in [1.165, 1.54) is 7.11 Å². The van der Waals surface area contributed by atoms with Crippen molar-refractivity contribution in [3.8, 4) is 0 Å². The van der Waals surface area contributed by atoms with Crippen LogP contribution in [0.3, 0.4) is 0 Å². The highest BCUT2D eigenvalue weighted by Crippen LogP contribution is 2.21. The first-order chi connectivity index (χ1) is 7.22. The molecule has 1 aromatic heterocycles. The summed E-state index contributed by atoms with van der Waals surface area (Å²) in [4.78, 5) is 15.8. The number of ether oxygens (including phenoxy) is 1. The number of carbonyl (C=O) groups excluding carboxylic acids is 1. The highest BCUT2D eigenvalue weighted by molar-refractivity contribution is 9.10. The van der Waals surface area contributed by atoms with Crippen LogP contribution in [0.4, 0.5) is 0 Å². The lowest BCUT2D eigenvalue weighted by Crippen LogP contribution is -2.02. The van der Waals surface area contributed by atoms with Gasteiger partial charge in [0.1, 0.15) is 4.60 Å². The maximum absolute atomic E-state index is 11.5. The van der Waals surface area contributed by atoms with Crippen molar-refractivity contribution >= 4 is 32.8 Å². The molecule has 0 aliphatic heterocycles. The predicted molar refractivity (Wildman–Crippen MR) is 60.8 cm³/mol. The van der Waals surface area contributed by atoms with Crippen molar-refractivity contribution < 1.29 is 9.53 Å². The second kappa shape index (κ2) is 3.98. The van der Waals surface area contributed by atoms with Crippen molar-refractivity contribution in [2.75, 3.05) is 7.11 Å². The number of para-hydroxylation sites is 1. The van der Waals surface area contributed by atoms with Crippen molar-refractivity contribution in [1.29, 1.82) is 0 Å². The summed E-state index contributed by atoms with van der Waals surface area (Å²) in [7, 11) is 1.37. The van der Waals surface area contributed by atoms with E-state index in [1.807, 2.05) is 24.3 Å². The lowest BCUT2D eigenvalue weighted by Gasteiger charge is -2.04. The van der Waals surface area contributed by atoms with E-state index in [2.05, 4.69) is 20.9 Å². The molecular formula is C11H8BrNO2. The van der Waals surface area contributed by atoms with Crippen LogP contribution in [0, 0.1) is 0 Å². The molecule has 0 atom stereocenters. The van der Waals surface area contributed by atoms with Crippen molar-refractivity contribution in [2.24, 2.45) is 0 Å². The lowest BCUT2D eigenvalue weighted by atomic mass is 10.1. The molecule has 0 spiro atoms. The first-order valence-electron chi connectivity index (χ1n) is 4.36. The van der Waals surface area contributed by atoms with Crippen LogP contribution in [-0.4, -0.2) is 18.1 Å². The first kappa shape index (κ1) is 10.1. The molecule has 3 nitrogen and oxygen atoms in total. The van der Waals surface area contributed by atoms with Crippen LogP contribution < -0.4 is 0 Å². The Morgan fingerprint density at radius 3 is 2.87 bits per heavy atom. The minimum absolute atomic E-state index is 0.352. The summed E-state index contributed by atoms with van der Waals surface area (Å²) < 4.78 is 5.34. The monoisotopic (exact) mass is 265 g/mol. The van der Waals surface area contributed by atoms with E-state index in [0.717, 1.165) is 10.9 Å². The van der Waals surface area contributed by atoms with Gasteiger partial charge in [-0.05, 0) is 28.1 Å². The average Bonchev–Trinajstić information content (AvgIpc) is 2.26. The maximum atomic E-state index is 11.5. The second-order valence-electron chi connectivity index (χ2n) is 3.00. The Balaban J connectivity index is 2.76. The van der Waals surface area contributed by atoms with E-state index in [9.17, 15) is 4.79 Å². The lowest BCUT2D eigenvalue weighted by molar-refractivity contribution is 0.0603. The molecule has 0 fully saturated rings. The fraction of sp³-hybridized carbons (Fsp3) is 0.0909. The van der Waals surface area contributed by atoms with Gasteiger partial charge >= 0.3 is 5.97 Å². The molecule has 1 aromatic carbocycles. The second-order valence-corrected chi connectivity index (χ2v) is 3.81. The number of esters is 1. The number of carbonyl (C=O) groups is 1. The Labute approximate surface area is 95.2 Å². The molecule has 2 aromatic rings. The molecule has 15 heavy (non-hydrogen) atoms. The van der Waals surface area contributed by atoms with E-state index in [-0.39, 0.29) is 5.97 Å². The third-order valence-electron chi connectivity index (χ3n) is 2.09. The number of methoxy groups -OCH3 is 1. The quantitative estimate of drug-likeness (QED) is 0.588. The number of aromatic nitrogens is 1. The van der Waals surface area contributed by atoms with Gasteiger partial charge in [-0.25, -0.2) is 9.78 Å². The zero-order valence-corrected chi connectivity index (χ0v) is 9.61. The molecule has 4 heteroatoms. The van der Waals surface area contributed by atoms with E-state index in [4.69, 9.17) is 4.74 Å². The van der Waals surface area contributed by atoms with Gasteiger partial charge in [-0.15, -0.1) is 0 Å². The zero-order chi connectivity index (χ0) is 10.8. The van der Waals surface area contributed by atoms with Gasteiger partial charge in [-0.3, -0.25) is 0 Å². The first-order valence-corrected chi connectivity index (χ1v) is 5.15. The van der Waals surface area contributed by atoms with Gasteiger partial charge in [-0.2, -0.15) is 0 Å². The van der Waals surface area contributed by atoms with Gasteiger partial charge in [0.05, 0.1) is 18.2 Å². The van der Waals surface area contributed by atoms with Crippen LogP contribution in [-0.2, 0) is 4.74 Å². The molecule has 2 rings (SSSR count). The van der Waals surface area contributed by atoms with Crippen molar-refractivity contribution in [3.63, 3.8) is 0 Å². The molecule has 0 bridgehead atoms. The third kappa shape index (κ3) is 1.85. The number of fused-ring (bicyclic) bond motifs is 1. The third-order valence-corrected chi connectivity index (χ3v) is 2.50. The van der Waals surface area contributed by atoms with E-state index in [0.29, 0.717) is 10.2 Å². The average molecular weight is 266 g/mol. The molecule has 0 unspecified atom stereocenters. The number of halogens is 1. The van der Waals surface area contributed by atoms with E-state index in [1.54, 1.807) is 6.07 Å². The normalized spacial score (nSPS) is 10.3. The molecule has 0 aliphatic carbocycles. The highest BCUT2D eigenvalue weighted by atomic mass is 79.9. The summed E-state index contributed by atoms with van der Waals surface area (Å²) in [5, 5.41) is 0.799. The highest BCUT2D eigenvalue weighted by Gasteiger charge is 2.11. The summed E-state index contributed by atoms with van der Waals surface area (Å²) in [6, 6.07) is 9.11. The molecule has 0 saturated carbocycles. The van der Waals surface area contributed by atoms with Gasteiger partial charge in [0.2, 0.25) is 0 Å². The predicted octanol–water partition coefficient (Wildman–Crippen LogP) is 2.78. The summed E-state index contributed by atoms with van der Waals surface area (Å²) in [5.74, 6) is -0.352. The van der Waals surface area contributed by atoms with Crippen LogP contribution in [0.1, 0.15) is 10.4 Å². The van der Waals surface area contributed by atoms with Gasteiger partial charge in [0.25, 0.3) is 0 Å². The SMILES string of the molecule is COC(=O)c1cc(Br)nc2ccccc12. The molecular weight excluding hydrogens is 258 g/mol. The van der Waals surface area contributed by atoms with Crippen molar-refractivity contribution in [2.45, 2.75) is 0 Å². The Morgan fingerprint density at radius 2 is 2.13 bits per heavy atom. The summed E-state index contributed by atoms with van der Waals surface area (Å²) in [6.45, 7) is 0. The number of rotatable bonds is 1. The van der Waals surface area contributed by atoms with Crippen LogP contribution in [0.5, 0.6) is 0 Å². The number of hydrogen-bond donors (Lipinski definition) is 0. The molecule has 0 saturated heterocycles. The van der Waals surface area contributed by atoms with Gasteiger partial charge < -0.3 is 4.74 Å². The smallest absolute Gasteiger partial charge is 0.338 e. The van der Waals surface area contributed by atoms with Crippen LogP contribution in [0.25, 0.3) is 10.9 Å². The van der Waals surface area contributed by atoms with Crippen LogP contribution >= 0.6 is 15.9 Å². The molecule has 76 valence electrons. The Hall–Kier alpha value is -1.42. The Bertz CT molecular complexity index is 525. The molecule has 0 aliphatic rings. The number of pyridine rings is 1. The molecule has 0 N–H and O–H groups in total. The molecule has 0 amide bonds. The van der Waals surface area contributed by atoms with Crippen LogP contribution in [0.15, 0.2) is 34.9 Å². The summed E-state index contributed by atoms with van der Waals surface area (Å²) in [6.07, 6.45) is 0. The molecule has 1 heterocycles. The topological polar surface area (TPSA) is 39.2 Å². The van der Waals surface area contributed by atoms with Gasteiger partial charge in [-0.1, -0.05) is 18.2 Å². The van der Waals surface area contributed by atoms with E-state index >= 15 is 0 Å². The maximum Gasteiger partial charge on any atom is 0.338 e. The number of nitrogens with zero attached hydrogens (tertiary/aromatic N) is 1. The number of benzene rings is 1. The minimum atomic E-state index is -0.352. The standard InChI is InChI=1S/C11H8BrNO2/c1-15-11(14)8-6-10(12)13-9-5-3-2-4-7(8)9/h2-6H,1H3. The fourth-order valence-electron chi connectivity index (χ4n) is 1.42. The molecule has 0 radical (unpaired) electrons. The largest absolute Gasteiger partial charge is 0.465 e. The fourth-order valence-corrected chi connectivity index (χ4v) is 1.84. The summed E-state index contributed by atoms with van der Waals surface area (Å²) in [5.41, 5.74) is 1.29. The Kier molecular flexibility index (Phi) is 2.68. The minimum Gasteiger partial charge on any atom is -0.465 e.